The third-order valence-electron chi connectivity index (χ3n) is 4.78. The van der Waals surface area contributed by atoms with Gasteiger partial charge in [0.15, 0.2) is 0 Å². The maximum absolute atomic E-state index is 12.1. The maximum Gasteiger partial charge on any atom is 0.237 e. The molecule has 0 aromatic rings. The molecule has 0 aromatic carbocycles. The highest BCUT2D eigenvalue weighted by Gasteiger charge is 2.37. The van der Waals surface area contributed by atoms with E-state index in [1.165, 1.54) is 38.5 Å². The summed E-state index contributed by atoms with van der Waals surface area (Å²) in [6.45, 7) is 2.18. The van der Waals surface area contributed by atoms with E-state index < -0.39 is 0 Å². The van der Waals surface area contributed by atoms with Gasteiger partial charge in [-0.15, -0.1) is 0 Å². The van der Waals surface area contributed by atoms with Gasteiger partial charge in [-0.2, -0.15) is 0 Å². The summed E-state index contributed by atoms with van der Waals surface area (Å²) >= 11 is 0. The van der Waals surface area contributed by atoms with Crippen molar-refractivity contribution in [3.8, 4) is 0 Å². The van der Waals surface area contributed by atoms with Gasteiger partial charge in [-0.25, -0.2) is 0 Å². The lowest BCUT2D eigenvalue weighted by molar-refractivity contribution is -0.123. The van der Waals surface area contributed by atoms with Crippen LogP contribution in [0.2, 0.25) is 0 Å². The van der Waals surface area contributed by atoms with E-state index >= 15 is 0 Å². The Kier molecular flexibility index (Phi) is 4.38. The van der Waals surface area contributed by atoms with E-state index in [1.54, 1.807) is 0 Å². The largest absolute Gasteiger partial charge is 0.379 e. The van der Waals surface area contributed by atoms with Crippen LogP contribution in [-0.4, -0.2) is 37.7 Å². The third kappa shape index (κ3) is 3.69. The van der Waals surface area contributed by atoms with Gasteiger partial charge in [0.2, 0.25) is 5.91 Å². The minimum atomic E-state index is 0.0385. The molecule has 1 saturated heterocycles. The van der Waals surface area contributed by atoms with Gasteiger partial charge in [-0.05, 0) is 43.9 Å². The first-order valence-corrected chi connectivity index (χ1v) is 7.94. The number of carbonyl (C=O) groups excluding carboxylic acids is 1. The number of hydrogen-bond donors (Lipinski definition) is 2. The van der Waals surface area contributed by atoms with Crippen LogP contribution < -0.4 is 10.6 Å². The standard InChI is InChI=1S/C15H26N2O2/c18-15(16-7-8-19-10-11-5-6-11)14-9-12-3-1-2-4-13(12)17-14/h11-14,17H,1-10H2,(H,16,18). The third-order valence-corrected chi connectivity index (χ3v) is 4.78. The Balaban J connectivity index is 1.31. The zero-order valence-electron chi connectivity index (χ0n) is 11.7. The predicted molar refractivity (Wildman–Crippen MR) is 73.8 cm³/mol. The second-order valence-corrected chi connectivity index (χ2v) is 6.42. The first kappa shape index (κ1) is 13.4. The number of rotatable bonds is 6. The molecular formula is C15H26N2O2. The van der Waals surface area contributed by atoms with E-state index in [0.717, 1.165) is 24.9 Å². The first-order valence-electron chi connectivity index (χ1n) is 7.94. The molecule has 3 rings (SSSR count). The molecule has 1 aliphatic heterocycles. The van der Waals surface area contributed by atoms with Gasteiger partial charge >= 0.3 is 0 Å². The van der Waals surface area contributed by atoms with Gasteiger partial charge in [0, 0.05) is 19.2 Å². The molecule has 3 unspecified atom stereocenters. The van der Waals surface area contributed by atoms with E-state index in [1.807, 2.05) is 0 Å². The van der Waals surface area contributed by atoms with Gasteiger partial charge in [0.05, 0.1) is 12.6 Å². The normalized spacial score (nSPS) is 34.0. The molecule has 0 radical (unpaired) electrons. The lowest BCUT2D eigenvalue weighted by Gasteiger charge is -2.24. The molecule has 2 saturated carbocycles. The van der Waals surface area contributed by atoms with Crippen molar-refractivity contribution in [3.05, 3.63) is 0 Å². The fourth-order valence-corrected chi connectivity index (χ4v) is 3.43. The van der Waals surface area contributed by atoms with Crippen LogP contribution in [0.25, 0.3) is 0 Å². The number of amides is 1. The molecule has 2 aliphatic carbocycles. The van der Waals surface area contributed by atoms with Crippen molar-refractivity contribution in [3.63, 3.8) is 0 Å². The molecule has 19 heavy (non-hydrogen) atoms. The smallest absolute Gasteiger partial charge is 0.237 e. The number of ether oxygens (including phenoxy) is 1. The summed E-state index contributed by atoms with van der Waals surface area (Å²) < 4.78 is 5.53. The van der Waals surface area contributed by atoms with Gasteiger partial charge in [0.1, 0.15) is 0 Å². The maximum atomic E-state index is 12.1. The van der Waals surface area contributed by atoms with Crippen LogP contribution >= 0.6 is 0 Å². The summed E-state index contributed by atoms with van der Waals surface area (Å²) in [5, 5.41) is 6.51. The van der Waals surface area contributed by atoms with Crippen molar-refractivity contribution in [1.82, 2.24) is 10.6 Å². The Bertz CT molecular complexity index is 303. The van der Waals surface area contributed by atoms with Gasteiger partial charge in [-0.1, -0.05) is 12.8 Å². The van der Waals surface area contributed by atoms with Crippen LogP contribution in [0.5, 0.6) is 0 Å². The number of fused-ring (bicyclic) bond motifs is 1. The van der Waals surface area contributed by atoms with Gasteiger partial charge in [0.25, 0.3) is 0 Å². The summed E-state index contributed by atoms with van der Waals surface area (Å²) in [4.78, 5) is 12.1. The lowest BCUT2D eigenvalue weighted by Crippen LogP contribution is -2.44. The van der Waals surface area contributed by atoms with Crippen molar-refractivity contribution in [1.29, 1.82) is 0 Å². The Morgan fingerprint density at radius 1 is 1.21 bits per heavy atom. The van der Waals surface area contributed by atoms with E-state index in [0.29, 0.717) is 19.2 Å². The average Bonchev–Trinajstić information content (AvgIpc) is 3.14. The Morgan fingerprint density at radius 3 is 2.84 bits per heavy atom. The van der Waals surface area contributed by atoms with Gasteiger partial charge < -0.3 is 15.4 Å². The average molecular weight is 266 g/mol. The fraction of sp³-hybridized carbons (Fsp3) is 0.933. The summed E-state index contributed by atoms with van der Waals surface area (Å²) in [5.74, 6) is 1.70. The van der Waals surface area contributed by atoms with E-state index in [2.05, 4.69) is 10.6 Å². The molecule has 0 bridgehead atoms. The van der Waals surface area contributed by atoms with Crippen LogP contribution in [-0.2, 0) is 9.53 Å². The molecule has 0 spiro atoms. The second-order valence-electron chi connectivity index (χ2n) is 6.42. The van der Waals surface area contributed by atoms with Crippen molar-refractivity contribution < 1.29 is 9.53 Å². The van der Waals surface area contributed by atoms with E-state index in [4.69, 9.17) is 4.74 Å². The number of nitrogens with one attached hydrogen (secondary N) is 2. The molecule has 3 aliphatic rings. The minimum absolute atomic E-state index is 0.0385. The summed E-state index contributed by atoms with van der Waals surface area (Å²) in [6, 6.07) is 0.632. The highest BCUT2D eigenvalue weighted by Crippen LogP contribution is 2.33. The number of hydrogen-bond acceptors (Lipinski definition) is 3. The zero-order chi connectivity index (χ0) is 13.1. The van der Waals surface area contributed by atoms with E-state index in [9.17, 15) is 4.79 Å². The molecule has 4 nitrogen and oxygen atoms in total. The Morgan fingerprint density at radius 2 is 2.05 bits per heavy atom. The zero-order valence-corrected chi connectivity index (χ0v) is 11.7. The molecule has 0 aromatic heterocycles. The monoisotopic (exact) mass is 266 g/mol. The number of carbonyl (C=O) groups is 1. The second kappa shape index (κ2) is 6.23. The Hall–Kier alpha value is -0.610. The van der Waals surface area contributed by atoms with Crippen LogP contribution in [0.1, 0.15) is 44.9 Å². The highest BCUT2D eigenvalue weighted by atomic mass is 16.5. The SMILES string of the molecule is O=C(NCCOCC1CC1)C1CC2CCCCC2N1. The predicted octanol–water partition coefficient (Wildman–Crippen LogP) is 1.45. The van der Waals surface area contributed by atoms with Crippen molar-refractivity contribution in [2.24, 2.45) is 11.8 Å². The quantitative estimate of drug-likeness (QED) is 0.715. The lowest BCUT2D eigenvalue weighted by atomic mass is 9.85. The van der Waals surface area contributed by atoms with Crippen molar-refractivity contribution >= 4 is 5.91 Å². The summed E-state index contributed by atoms with van der Waals surface area (Å²) in [7, 11) is 0. The molecular weight excluding hydrogens is 240 g/mol. The minimum Gasteiger partial charge on any atom is -0.379 e. The van der Waals surface area contributed by atoms with Crippen molar-refractivity contribution in [2.45, 2.75) is 57.0 Å². The van der Waals surface area contributed by atoms with Gasteiger partial charge in [-0.3, -0.25) is 4.79 Å². The van der Waals surface area contributed by atoms with Crippen LogP contribution in [0.4, 0.5) is 0 Å². The molecule has 1 heterocycles. The summed E-state index contributed by atoms with van der Waals surface area (Å²) in [6.07, 6.45) is 8.87. The Labute approximate surface area is 115 Å². The van der Waals surface area contributed by atoms with E-state index in [-0.39, 0.29) is 11.9 Å². The molecule has 1 amide bonds. The summed E-state index contributed by atoms with van der Waals surface area (Å²) in [5.41, 5.74) is 0. The molecule has 2 N–H and O–H groups in total. The fourth-order valence-electron chi connectivity index (χ4n) is 3.43. The molecule has 3 fully saturated rings. The molecule has 3 atom stereocenters. The highest BCUT2D eigenvalue weighted by molar-refractivity contribution is 5.82. The molecule has 4 heteroatoms. The topological polar surface area (TPSA) is 50.4 Å². The van der Waals surface area contributed by atoms with Crippen LogP contribution in [0, 0.1) is 11.8 Å². The van der Waals surface area contributed by atoms with Crippen molar-refractivity contribution in [2.75, 3.05) is 19.8 Å². The van der Waals surface area contributed by atoms with Crippen LogP contribution in [0.3, 0.4) is 0 Å². The van der Waals surface area contributed by atoms with Crippen LogP contribution in [0.15, 0.2) is 0 Å². The first-order chi connectivity index (χ1) is 9.33. The molecule has 108 valence electrons.